The van der Waals surface area contributed by atoms with Gasteiger partial charge in [-0.25, -0.2) is 9.59 Å². The van der Waals surface area contributed by atoms with E-state index < -0.39 is 29.1 Å². The fraction of sp³-hybridized carbons (Fsp3) is 0.333. The monoisotopic (exact) mass is 430 g/mol. The van der Waals surface area contributed by atoms with Gasteiger partial charge in [0.2, 0.25) is 0 Å². The Balaban J connectivity index is 1.55. The normalized spacial score (nSPS) is 17.8. The van der Waals surface area contributed by atoms with E-state index in [0.29, 0.717) is 11.3 Å². The molecule has 31 heavy (non-hydrogen) atoms. The lowest BCUT2D eigenvalue weighted by molar-refractivity contribution is -0.384. The zero-order valence-corrected chi connectivity index (χ0v) is 16.8. The number of β-amino-alcohol motifs (C(OH)–C–C–N with tert-alkyl or cyclic N) is 1. The largest absolute Gasteiger partial charge is 0.497 e. The van der Waals surface area contributed by atoms with E-state index in [9.17, 15) is 24.8 Å². The molecule has 3 rings (SSSR count). The molecule has 10 nitrogen and oxygen atoms in total. The highest BCUT2D eigenvalue weighted by Crippen LogP contribution is 2.22. The zero-order valence-electron chi connectivity index (χ0n) is 16.8. The SMILES string of the molecule is COc1ccc(COC(=O)[C@H]2C[C@@H](O)CN2C(=O)OCc2ccc([N+](=O)[O-])cc2)cc1. The second-order valence-electron chi connectivity index (χ2n) is 6.99. The highest BCUT2D eigenvalue weighted by Gasteiger charge is 2.41. The fourth-order valence-electron chi connectivity index (χ4n) is 3.15. The molecule has 0 unspecified atom stereocenters. The molecular weight excluding hydrogens is 408 g/mol. The number of amides is 1. The number of aliphatic hydroxyl groups is 1. The number of carbonyl (C=O) groups excluding carboxylic acids is 2. The highest BCUT2D eigenvalue weighted by atomic mass is 16.6. The first-order valence-corrected chi connectivity index (χ1v) is 9.51. The number of rotatable bonds is 7. The van der Waals surface area contributed by atoms with Crippen molar-refractivity contribution in [3.63, 3.8) is 0 Å². The van der Waals surface area contributed by atoms with Crippen LogP contribution in [0.1, 0.15) is 17.5 Å². The third kappa shape index (κ3) is 5.70. The number of benzene rings is 2. The van der Waals surface area contributed by atoms with E-state index in [0.717, 1.165) is 10.5 Å². The van der Waals surface area contributed by atoms with Crippen LogP contribution in [-0.2, 0) is 27.5 Å². The molecule has 164 valence electrons. The number of ether oxygens (including phenoxy) is 3. The molecule has 2 atom stereocenters. The summed E-state index contributed by atoms with van der Waals surface area (Å²) in [6, 6.07) is 11.6. The topological polar surface area (TPSA) is 128 Å². The van der Waals surface area contributed by atoms with Gasteiger partial charge in [0.25, 0.3) is 5.69 Å². The van der Waals surface area contributed by atoms with Crippen molar-refractivity contribution in [2.24, 2.45) is 0 Å². The molecule has 1 N–H and O–H groups in total. The van der Waals surface area contributed by atoms with Gasteiger partial charge in [-0.2, -0.15) is 0 Å². The maximum Gasteiger partial charge on any atom is 0.410 e. The number of esters is 1. The van der Waals surface area contributed by atoms with Crippen molar-refractivity contribution in [3.05, 3.63) is 69.8 Å². The van der Waals surface area contributed by atoms with E-state index in [4.69, 9.17) is 14.2 Å². The summed E-state index contributed by atoms with van der Waals surface area (Å²) in [5.41, 5.74) is 1.23. The molecule has 1 amide bonds. The van der Waals surface area contributed by atoms with Crippen LogP contribution in [0, 0.1) is 10.1 Å². The van der Waals surface area contributed by atoms with E-state index >= 15 is 0 Å². The van der Waals surface area contributed by atoms with Crippen molar-refractivity contribution >= 4 is 17.7 Å². The first kappa shape index (κ1) is 22.0. The Hall–Kier alpha value is -3.66. The van der Waals surface area contributed by atoms with Gasteiger partial charge in [-0.05, 0) is 35.4 Å². The molecule has 1 saturated heterocycles. The fourth-order valence-corrected chi connectivity index (χ4v) is 3.15. The second-order valence-corrected chi connectivity index (χ2v) is 6.99. The smallest absolute Gasteiger partial charge is 0.410 e. The standard InChI is InChI=1S/C21H22N2O8/c1-29-18-8-4-15(5-9-18)12-30-20(25)19-10-17(24)11-22(19)21(26)31-13-14-2-6-16(7-3-14)23(27)28/h2-9,17,19,24H,10-13H2,1H3/t17-,19-/m1/s1. The minimum atomic E-state index is -0.961. The molecule has 1 aliphatic heterocycles. The number of nitro benzene ring substituents is 1. The molecule has 10 heteroatoms. The Morgan fingerprint density at radius 2 is 1.65 bits per heavy atom. The molecular formula is C21H22N2O8. The van der Waals surface area contributed by atoms with Crippen LogP contribution in [0.3, 0.4) is 0 Å². The number of aliphatic hydroxyl groups excluding tert-OH is 1. The number of carbonyl (C=O) groups is 2. The number of nitro groups is 1. The van der Waals surface area contributed by atoms with Crippen LogP contribution in [0.5, 0.6) is 5.75 Å². The molecule has 0 bridgehead atoms. The van der Waals surface area contributed by atoms with Crippen molar-refractivity contribution in [1.82, 2.24) is 4.90 Å². The summed E-state index contributed by atoms with van der Waals surface area (Å²) in [6.45, 7) is -0.167. The molecule has 0 spiro atoms. The van der Waals surface area contributed by atoms with Crippen molar-refractivity contribution in [2.75, 3.05) is 13.7 Å². The predicted molar refractivity (Wildman–Crippen MR) is 107 cm³/mol. The Morgan fingerprint density at radius 3 is 2.23 bits per heavy atom. The minimum absolute atomic E-state index is 0.0150. The molecule has 0 aromatic heterocycles. The summed E-state index contributed by atoms with van der Waals surface area (Å²) in [4.78, 5) is 36.3. The maximum absolute atomic E-state index is 12.5. The quantitative estimate of drug-likeness (QED) is 0.403. The average Bonchev–Trinajstić information content (AvgIpc) is 3.18. The predicted octanol–water partition coefficient (Wildman–Crippen LogP) is 2.42. The molecule has 1 fully saturated rings. The number of hydrogen-bond acceptors (Lipinski definition) is 8. The van der Waals surface area contributed by atoms with E-state index in [1.807, 2.05) is 0 Å². The van der Waals surface area contributed by atoms with Crippen LogP contribution in [0.25, 0.3) is 0 Å². The summed E-state index contributed by atoms with van der Waals surface area (Å²) in [6.07, 6.45) is -1.60. The molecule has 0 radical (unpaired) electrons. The Labute approximate surface area is 178 Å². The summed E-state index contributed by atoms with van der Waals surface area (Å²) in [5.74, 6) is 0.0376. The lowest BCUT2D eigenvalue weighted by Crippen LogP contribution is -2.41. The number of likely N-dealkylation sites (tertiary alicyclic amines) is 1. The Morgan fingerprint density at radius 1 is 1.06 bits per heavy atom. The highest BCUT2D eigenvalue weighted by molar-refractivity contribution is 5.82. The first-order valence-electron chi connectivity index (χ1n) is 9.51. The zero-order chi connectivity index (χ0) is 22.4. The summed E-state index contributed by atoms with van der Waals surface area (Å²) < 4.78 is 15.6. The van der Waals surface area contributed by atoms with Gasteiger partial charge in [0.15, 0.2) is 0 Å². The van der Waals surface area contributed by atoms with Gasteiger partial charge in [-0.15, -0.1) is 0 Å². The van der Waals surface area contributed by atoms with Crippen molar-refractivity contribution in [3.8, 4) is 5.75 Å². The first-order chi connectivity index (χ1) is 14.9. The molecule has 0 aliphatic carbocycles. The van der Waals surface area contributed by atoms with E-state index in [1.54, 1.807) is 31.4 Å². The van der Waals surface area contributed by atoms with Gasteiger partial charge in [0.05, 0.1) is 24.7 Å². The molecule has 2 aromatic rings. The van der Waals surface area contributed by atoms with Crippen LogP contribution >= 0.6 is 0 Å². The Kier molecular flexibility index (Phi) is 7.03. The van der Waals surface area contributed by atoms with E-state index in [2.05, 4.69) is 0 Å². The number of methoxy groups -OCH3 is 1. The van der Waals surface area contributed by atoms with Gasteiger partial charge in [0.1, 0.15) is 25.0 Å². The number of non-ortho nitro benzene ring substituents is 1. The maximum atomic E-state index is 12.5. The average molecular weight is 430 g/mol. The van der Waals surface area contributed by atoms with Crippen molar-refractivity contribution in [2.45, 2.75) is 31.8 Å². The number of nitrogens with zero attached hydrogens (tertiary/aromatic N) is 2. The van der Waals surface area contributed by atoms with Crippen LogP contribution in [0.15, 0.2) is 48.5 Å². The third-order valence-corrected chi connectivity index (χ3v) is 4.84. The molecule has 2 aromatic carbocycles. The number of hydrogen-bond donors (Lipinski definition) is 1. The molecule has 1 heterocycles. The minimum Gasteiger partial charge on any atom is -0.497 e. The van der Waals surface area contributed by atoms with Crippen molar-refractivity contribution in [1.29, 1.82) is 0 Å². The van der Waals surface area contributed by atoms with Crippen LogP contribution in [0.2, 0.25) is 0 Å². The lowest BCUT2D eigenvalue weighted by Gasteiger charge is -2.22. The Bertz CT molecular complexity index is 929. The molecule has 0 saturated carbocycles. The van der Waals surface area contributed by atoms with Gasteiger partial charge >= 0.3 is 12.1 Å². The van der Waals surface area contributed by atoms with E-state index in [1.165, 1.54) is 24.3 Å². The van der Waals surface area contributed by atoms with Gasteiger partial charge in [-0.1, -0.05) is 12.1 Å². The summed E-state index contributed by atoms with van der Waals surface area (Å²) in [7, 11) is 1.55. The third-order valence-electron chi connectivity index (χ3n) is 4.84. The molecule has 1 aliphatic rings. The second kappa shape index (κ2) is 9.90. The van der Waals surface area contributed by atoms with Crippen LogP contribution in [-0.4, -0.2) is 52.8 Å². The van der Waals surface area contributed by atoms with Gasteiger partial charge in [0, 0.05) is 18.6 Å². The van der Waals surface area contributed by atoms with Crippen LogP contribution < -0.4 is 4.74 Å². The summed E-state index contributed by atoms with van der Waals surface area (Å²) >= 11 is 0. The lowest BCUT2D eigenvalue weighted by atomic mass is 10.2. The van der Waals surface area contributed by atoms with Gasteiger partial charge in [-0.3, -0.25) is 15.0 Å². The van der Waals surface area contributed by atoms with Gasteiger partial charge < -0.3 is 19.3 Å². The van der Waals surface area contributed by atoms with Crippen LogP contribution in [0.4, 0.5) is 10.5 Å². The van der Waals surface area contributed by atoms with Crippen molar-refractivity contribution < 1.29 is 33.8 Å². The van der Waals surface area contributed by atoms with E-state index in [-0.39, 0.29) is 31.9 Å². The summed E-state index contributed by atoms with van der Waals surface area (Å²) in [5, 5.41) is 20.6.